The second-order valence-corrected chi connectivity index (χ2v) is 11.0. The lowest BCUT2D eigenvalue weighted by molar-refractivity contribution is -0.118. The minimum atomic E-state index is -0.444. The maximum Gasteiger partial charge on any atom is 0.352 e. The number of carbonyl (C=O) groups is 2. The van der Waals surface area contributed by atoms with Crippen LogP contribution in [0, 0.1) is 29.8 Å². The number of esters is 1. The predicted molar refractivity (Wildman–Crippen MR) is 138 cm³/mol. The van der Waals surface area contributed by atoms with E-state index in [9.17, 15) is 9.59 Å². The third kappa shape index (κ3) is 5.59. The Morgan fingerprint density at radius 3 is 2.28 bits per heavy atom. The van der Waals surface area contributed by atoms with E-state index in [0.717, 1.165) is 48.3 Å². The van der Waals surface area contributed by atoms with Crippen LogP contribution in [0.15, 0.2) is 48.5 Å². The second-order valence-electron chi connectivity index (χ2n) is 11.0. The molecule has 5 heteroatoms. The molecule has 4 aliphatic rings. The molecule has 0 radical (unpaired) electrons. The normalized spacial score (nSPS) is 25.6. The van der Waals surface area contributed by atoms with Crippen LogP contribution in [0.1, 0.15) is 85.7 Å². The average molecular weight is 486 g/mol. The number of unbranched alkanes of at least 4 members (excludes halogenated alkanes) is 2. The summed E-state index contributed by atoms with van der Waals surface area (Å²) in [6.07, 6.45) is 13.5. The molecule has 2 aromatic rings. The van der Waals surface area contributed by atoms with E-state index in [1.165, 1.54) is 44.1 Å². The minimum absolute atomic E-state index is 0.161. The Hall–Kier alpha value is -3.26. The molecule has 0 heterocycles. The molecular weight excluding hydrogens is 450 g/mol. The first-order chi connectivity index (χ1) is 17.5. The molecule has 0 aliphatic heterocycles. The summed E-state index contributed by atoms with van der Waals surface area (Å²) in [5.74, 6) is 5.77. The van der Waals surface area contributed by atoms with Gasteiger partial charge in [0, 0.05) is 17.5 Å². The van der Waals surface area contributed by atoms with Crippen LogP contribution in [0.4, 0.5) is 0 Å². The van der Waals surface area contributed by atoms with Crippen molar-refractivity contribution in [2.75, 3.05) is 6.61 Å². The standard InChI is InChI=1S/C31H35NO4/c32-29(33)9-5-2-6-13-35-28-11-10-22(12-14-36-30(34)26-7-3-1-4-8-26)18-27(28)31-19-23-15-24(20-31)17-25(16-23)21-31/h1,3-4,7-8,10-11,18,23-25H,2,5-6,9,13,15-17,19-21H2,(H2,32,33). The van der Waals surface area contributed by atoms with E-state index in [4.69, 9.17) is 15.2 Å². The molecule has 4 saturated carbocycles. The number of amides is 1. The summed E-state index contributed by atoms with van der Waals surface area (Å²) >= 11 is 0. The van der Waals surface area contributed by atoms with Gasteiger partial charge in [-0.05, 0) is 117 Å². The highest BCUT2D eigenvalue weighted by Crippen LogP contribution is 2.61. The Kier molecular flexibility index (Phi) is 7.32. The number of ether oxygens (including phenoxy) is 2. The summed E-state index contributed by atoms with van der Waals surface area (Å²) in [7, 11) is 0. The fourth-order valence-corrected chi connectivity index (χ4v) is 7.11. The number of benzene rings is 2. The molecule has 4 fully saturated rings. The summed E-state index contributed by atoms with van der Waals surface area (Å²) in [6.45, 7) is 0.623. The van der Waals surface area contributed by atoms with E-state index in [-0.39, 0.29) is 11.3 Å². The van der Waals surface area contributed by atoms with Crippen molar-refractivity contribution >= 4 is 11.9 Å². The SMILES string of the molecule is NC(=O)CCCCCOc1ccc(C#COC(=O)c2ccccc2)cc1C12CC3CC(CC(C3)C1)C2. The van der Waals surface area contributed by atoms with E-state index >= 15 is 0 Å². The van der Waals surface area contributed by atoms with Crippen molar-refractivity contribution in [1.82, 2.24) is 0 Å². The second kappa shape index (κ2) is 10.8. The van der Waals surface area contributed by atoms with Crippen LogP contribution in [0.3, 0.4) is 0 Å². The Balaban J connectivity index is 1.33. The molecule has 5 nitrogen and oxygen atoms in total. The molecule has 4 bridgehead atoms. The van der Waals surface area contributed by atoms with E-state index in [1.54, 1.807) is 24.3 Å². The molecule has 0 unspecified atom stereocenters. The molecule has 2 N–H and O–H groups in total. The summed E-state index contributed by atoms with van der Waals surface area (Å²) in [6, 6.07) is 15.1. The van der Waals surface area contributed by atoms with Gasteiger partial charge >= 0.3 is 5.97 Å². The van der Waals surface area contributed by atoms with Crippen LogP contribution in [0.2, 0.25) is 0 Å². The van der Waals surface area contributed by atoms with Crippen LogP contribution < -0.4 is 10.5 Å². The number of primary amides is 1. The van der Waals surface area contributed by atoms with Crippen molar-refractivity contribution in [3.05, 3.63) is 65.2 Å². The first-order valence-corrected chi connectivity index (χ1v) is 13.3. The zero-order chi connectivity index (χ0) is 25.0. The lowest BCUT2D eigenvalue weighted by Crippen LogP contribution is -2.48. The van der Waals surface area contributed by atoms with E-state index in [2.05, 4.69) is 18.1 Å². The fraction of sp³-hybridized carbons (Fsp3) is 0.484. The highest BCUT2D eigenvalue weighted by molar-refractivity contribution is 5.90. The zero-order valence-electron chi connectivity index (χ0n) is 20.8. The lowest BCUT2D eigenvalue weighted by atomic mass is 9.48. The minimum Gasteiger partial charge on any atom is -0.493 e. The number of hydrogen-bond donors (Lipinski definition) is 1. The molecule has 0 atom stereocenters. The van der Waals surface area contributed by atoms with Crippen molar-refractivity contribution in [3.8, 4) is 17.8 Å². The van der Waals surface area contributed by atoms with E-state index < -0.39 is 5.97 Å². The third-order valence-electron chi connectivity index (χ3n) is 8.26. The van der Waals surface area contributed by atoms with Crippen LogP contribution in [-0.2, 0) is 14.9 Å². The molecule has 4 aliphatic carbocycles. The summed E-state index contributed by atoms with van der Waals surface area (Å²) in [5.41, 5.74) is 8.02. The van der Waals surface area contributed by atoms with Crippen molar-refractivity contribution in [3.63, 3.8) is 0 Å². The van der Waals surface area contributed by atoms with Crippen LogP contribution in [-0.4, -0.2) is 18.5 Å². The molecule has 0 aromatic heterocycles. The molecule has 6 rings (SSSR count). The highest BCUT2D eigenvalue weighted by atomic mass is 16.5. The van der Waals surface area contributed by atoms with E-state index in [0.29, 0.717) is 18.6 Å². The molecule has 188 valence electrons. The van der Waals surface area contributed by atoms with Gasteiger partial charge < -0.3 is 15.2 Å². The topological polar surface area (TPSA) is 78.6 Å². The van der Waals surface area contributed by atoms with Gasteiger partial charge in [0.1, 0.15) is 11.9 Å². The van der Waals surface area contributed by atoms with Crippen molar-refractivity contribution in [2.45, 2.75) is 69.6 Å². The Morgan fingerprint density at radius 1 is 0.917 bits per heavy atom. The first kappa shape index (κ1) is 24.4. The number of hydrogen-bond acceptors (Lipinski definition) is 4. The Morgan fingerprint density at radius 2 is 1.61 bits per heavy atom. The maximum atomic E-state index is 12.2. The van der Waals surface area contributed by atoms with Gasteiger partial charge in [0.15, 0.2) is 0 Å². The Labute approximate surface area is 213 Å². The highest BCUT2D eigenvalue weighted by Gasteiger charge is 2.52. The smallest absolute Gasteiger partial charge is 0.352 e. The summed E-state index contributed by atoms with van der Waals surface area (Å²) in [4.78, 5) is 23.2. The average Bonchev–Trinajstić information content (AvgIpc) is 2.86. The van der Waals surface area contributed by atoms with Crippen LogP contribution >= 0.6 is 0 Å². The van der Waals surface area contributed by atoms with E-state index in [1.807, 2.05) is 18.2 Å². The monoisotopic (exact) mass is 485 g/mol. The maximum absolute atomic E-state index is 12.2. The largest absolute Gasteiger partial charge is 0.493 e. The van der Waals surface area contributed by atoms with Crippen molar-refractivity contribution in [1.29, 1.82) is 0 Å². The third-order valence-corrected chi connectivity index (χ3v) is 8.26. The van der Waals surface area contributed by atoms with Gasteiger partial charge in [-0.1, -0.05) is 18.2 Å². The first-order valence-electron chi connectivity index (χ1n) is 13.3. The fourth-order valence-electron chi connectivity index (χ4n) is 7.11. The van der Waals surface area contributed by atoms with Gasteiger partial charge in [-0.3, -0.25) is 4.79 Å². The number of rotatable bonds is 9. The zero-order valence-corrected chi connectivity index (χ0v) is 20.8. The lowest BCUT2D eigenvalue weighted by Gasteiger charge is -2.57. The van der Waals surface area contributed by atoms with Crippen LogP contribution in [0.5, 0.6) is 5.75 Å². The number of nitrogens with two attached hydrogens (primary N) is 1. The van der Waals surface area contributed by atoms with Gasteiger partial charge in [0.25, 0.3) is 0 Å². The molecule has 0 spiro atoms. The van der Waals surface area contributed by atoms with Gasteiger partial charge in [-0.2, -0.15) is 0 Å². The van der Waals surface area contributed by atoms with Crippen molar-refractivity contribution < 1.29 is 19.1 Å². The molecule has 0 saturated heterocycles. The molecule has 1 amide bonds. The van der Waals surface area contributed by atoms with Crippen LogP contribution in [0.25, 0.3) is 0 Å². The quantitative estimate of drug-likeness (QED) is 0.279. The molecule has 36 heavy (non-hydrogen) atoms. The van der Waals surface area contributed by atoms with Crippen molar-refractivity contribution in [2.24, 2.45) is 23.5 Å². The Bertz CT molecular complexity index is 1120. The van der Waals surface area contributed by atoms with Gasteiger partial charge in [0.2, 0.25) is 5.91 Å². The summed E-state index contributed by atoms with van der Waals surface area (Å²) < 4.78 is 11.5. The predicted octanol–water partition coefficient (Wildman–Crippen LogP) is 5.74. The summed E-state index contributed by atoms with van der Waals surface area (Å²) in [5, 5.41) is 0. The molecule has 2 aromatic carbocycles. The van der Waals surface area contributed by atoms with Gasteiger partial charge in [0.05, 0.1) is 12.2 Å². The van der Waals surface area contributed by atoms with Gasteiger partial charge in [-0.15, -0.1) is 0 Å². The van der Waals surface area contributed by atoms with Gasteiger partial charge in [-0.25, -0.2) is 4.79 Å². The number of carbonyl (C=O) groups excluding carboxylic acids is 2. The molecular formula is C31H35NO4.